The SMILES string of the molecule is CNCc1ccc(F)c(S(=O)(=O)N2CCCCCC2)c1. The summed E-state index contributed by atoms with van der Waals surface area (Å²) in [5.74, 6) is -0.672. The highest BCUT2D eigenvalue weighted by molar-refractivity contribution is 7.89. The predicted octanol–water partition coefficient (Wildman–Crippen LogP) is 2.11. The van der Waals surface area contributed by atoms with Gasteiger partial charge < -0.3 is 5.32 Å². The highest BCUT2D eigenvalue weighted by Crippen LogP contribution is 2.23. The highest BCUT2D eigenvalue weighted by Gasteiger charge is 2.28. The van der Waals surface area contributed by atoms with E-state index in [4.69, 9.17) is 0 Å². The fourth-order valence-electron chi connectivity index (χ4n) is 2.48. The van der Waals surface area contributed by atoms with Crippen molar-refractivity contribution >= 4 is 10.0 Å². The van der Waals surface area contributed by atoms with Crippen LogP contribution >= 0.6 is 0 Å². The molecule has 1 N–H and O–H groups in total. The number of halogens is 1. The summed E-state index contributed by atoms with van der Waals surface area (Å²) >= 11 is 0. The smallest absolute Gasteiger partial charge is 0.245 e. The Bertz CT molecular complexity index is 552. The van der Waals surface area contributed by atoms with Gasteiger partial charge in [0.15, 0.2) is 0 Å². The monoisotopic (exact) mass is 300 g/mol. The van der Waals surface area contributed by atoms with Crippen LogP contribution in [0.15, 0.2) is 23.1 Å². The van der Waals surface area contributed by atoms with Crippen LogP contribution in [-0.4, -0.2) is 32.9 Å². The van der Waals surface area contributed by atoms with Gasteiger partial charge >= 0.3 is 0 Å². The topological polar surface area (TPSA) is 49.4 Å². The molecule has 0 aliphatic carbocycles. The third-order valence-electron chi connectivity index (χ3n) is 3.56. The van der Waals surface area contributed by atoms with Crippen LogP contribution in [0.5, 0.6) is 0 Å². The van der Waals surface area contributed by atoms with Crippen molar-refractivity contribution in [2.45, 2.75) is 37.1 Å². The first-order valence-corrected chi connectivity index (χ1v) is 8.43. The Morgan fingerprint density at radius 3 is 2.45 bits per heavy atom. The first-order chi connectivity index (χ1) is 9.55. The van der Waals surface area contributed by atoms with Crippen molar-refractivity contribution in [3.63, 3.8) is 0 Å². The quantitative estimate of drug-likeness (QED) is 0.926. The molecular weight excluding hydrogens is 279 g/mol. The van der Waals surface area contributed by atoms with Crippen LogP contribution in [-0.2, 0) is 16.6 Å². The fourth-order valence-corrected chi connectivity index (χ4v) is 4.11. The summed E-state index contributed by atoms with van der Waals surface area (Å²) in [6, 6.07) is 4.27. The van der Waals surface area contributed by atoms with Crippen molar-refractivity contribution < 1.29 is 12.8 Å². The Kier molecular flexibility index (Phi) is 5.12. The van der Waals surface area contributed by atoms with E-state index in [0.29, 0.717) is 19.6 Å². The van der Waals surface area contributed by atoms with Crippen LogP contribution in [0.4, 0.5) is 4.39 Å². The lowest BCUT2D eigenvalue weighted by molar-refractivity contribution is 0.419. The third kappa shape index (κ3) is 3.37. The summed E-state index contributed by atoms with van der Waals surface area (Å²) in [6.07, 6.45) is 3.76. The van der Waals surface area contributed by atoms with Gasteiger partial charge in [0.1, 0.15) is 10.7 Å². The molecule has 20 heavy (non-hydrogen) atoms. The molecule has 1 aromatic rings. The van der Waals surface area contributed by atoms with Gasteiger partial charge in [0.25, 0.3) is 0 Å². The molecule has 0 aromatic heterocycles. The first-order valence-electron chi connectivity index (χ1n) is 6.99. The second-order valence-corrected chi connectivity index (χ2v) is 7.02. The van der Waals surface area contributed by atoms with E-state index < -0.39 is 15.8 Å². The first kappa shape index (κ1) is 15.4. The lowest BCUT2D eigenvalue weighted by Gasteiger charge is -2.20. The Morgan fingerprint density at radius 2 is 1.85 bits per heavy atom. The number of benzene rings is 1. The lowest BCUT2D eigenvalue weighted by Crippen LogP contribution is -2.32. The van der Waals surface area contributed by atoms with Gasteiger partial charge in [0.2, 0.25) is 10.0 Å². The number of nitrogens with one attached hydrogen (secondary N) is 1. The third-order valence-corrected chi connectivity index (χ3v) is 5.47. The predicted molar refractivity (Wildman–Crippen MR) is 76.4 cm³/mol. The highest BCUT2D eigenvalue weighted by atomic mass is 32.2. The van der Waals surface area contributed by atoms with Crippen molar-refractivity contribution in [2.75, 3.05) is 20.1 Å². The summed E-state index contributed by atoms with van der Waals surface area (Å²) in [6.45, 7) is 1.48. The van der Waals surface area contributed by atoms with Crippen LogP contribution in [0.1, 0.15) is 31.2 Å². The summed E-state index contributed by atoms with van der Waals surface area (Å²) in [7, 11) is -1.96. The van der Waals surface area contributed by atoms with E-state index in [9.17, 15) is 12.8 Å². The number of nitrogens with zero attached hydrogens (tertiary/aromatic N) is 1. The zero-order chi connectivity index (χ0) is 14.6. The van der Waals surface area contributed by atoms with Gasteiger partial charge in [0.05, 0.1) is 0 Å². The molecule has 4 nitrogen and oxygen atoms in total. The zero-order valence-corrected chi connectivity index (χ0v) is 12.5. The minimum absolute atomic E-state index is 0.202. The molecule has 1 aliphatic heterocycles. The molecule has 0 bridgehead atoms. The maximum atomic E-state index is 13.9. The zero-order valence-electron chi connectivity index (χ0n) is 11.7. The number of hydrogen-bond acceptors (Lipinski definition) is 3. The van der Waals surface area contributed by atoms with Crippen LogP contribution in [0, 0.1) is 5.82 Å². The van der Waals surface area contributed by atoms with Crippen molar-refractivity contribution in [1.82, 2.24) is 9.62 Å². The molecule has 1 saturated heterocycles. The van der Waals surface area contributed by atoms with Gasteiger partial charge in [-0.1, -0.05) is 18.9 Å². The van der Waals surface area contributed by atoms with Gasteiger partial charge in [-0.2, -0.15) is 4.31 Å². The molecular formula is C14H21FN2O2S. The van der Waals surface area contributed by atoms with E-state index in [2.05, 4.69) is 5.32 Å². The van der Waals surface area contributed by atoms with Crippen LogP contribution < -0.4 is 5.32 Å². The lowest BCUT2D eigenvalue weighted by atomic mass is 10.2. The molecule has 0 atom stereocenters. The molecule has 0 spiro atoms. The van der Waals surface area contributed by atoms with E-state index in [1.165, 1.54) is 16.4 Å². The van der Waals surface area contributed by atoms with E-state index in [0.717, 1.165) is 31.2 Å². The maximum absolute atomic E-state index is 13.9. The molecule has 1 heterocycles. The van der Waals surface area contributed by atoms with Gasteiger partial charge in [-0.15, -0.1) is 0 Å². The fraction of sp³-hybridized carbons (Fsp3) is 0.571. The largest absolute Gasteiger partial charge is 0.316 e. The van der Waals surface area contributed by atoms with Gasteiger partial charge in [-0.05, 0) is 37.6 Å². The van der Waals surface area contributed by atoms with Crippen LogP contribution in [0.2, 0.25) is 0 Å². The number of sulfonamides is 1. The normalized spacial score (nSPS) is 17.9. The molecule has 1 aromatic carbocycles. The van der Waals surface area contributed by atoms with Crippen molar-refractivity contribution in [3.05, 3.63) is 29.6 Å². The molecule has 6 heteroatoms. The summed E-state index contributed by atoms with van der Waals surface area (Å²) in [5.41, 5.74) is 0.766. The van der Waals surface area contributed by atoms with E-state index in [1.807, 2.05) is 0 Å². The number of rotatable bonds is 4. The van der Waals surface area contributed by atoms with Gasteiger partial charge in [-0.25, -0.2) is 12.8 Å². The molecule has 1 fully saturated rings. The van der Waals surface area contributed by atoms with Crippen molar-refractivity contribution in [3.8, 4) is 0 Å². The maximum Gasteiger partial charge on any atom is 0.245 e. The standard InChI is InChI=1S/C14H21FN2O2S/c1-16-11-12-6-7-13(15)14(10-12)20(18,19)17-8-4-2-3-5-9-17/h6-7,10,16H,2-5,8-9,11H2,1H3. The Balaban J connectivity index is 2.34. The molecule has 1 aliphatic rings. The van der Waals surface area contributed by atoms with Gasteiger partial charge in [-0.3, -0.25) is 0 Å². The molecule has 2 rings (SSSR count). The summed E-state index contributed by atoms with van der Waals surface area (Å²) < 4.78 is 40.5. The average molecular weight is 300 g/mol. The molecule has 112 valence electrons. The van der Waals surface area contributed by atoms with Crippen molar-refractivity contribution in [2.24, 2.45) is 0 Å². The summed E-state index contributed by atoms with van der Waals surface area (Å²) in [4.78, 5) is -0.202. The molecule has 0 radical (unpaired) electrons. The molecule has 0 saturated carbocycles. The van der Waals surface area contributed by atoms with E-state index in [1.54, 1.807) is 13.1 Å². The van der Waals surface area contributed by atoms with E-state index in [-0.39, 0.29) is 4.90 Å². The van der Waals surface area contributed by atoms with Crippen molar-refractivity contribution in [1.29, 1.82) is 0 Å². The van der Waals surface area contributed by atoms with Crippen LogP contribution in [0.25, 0.3) is 0 Å². The molecule has 0 amide bonds. The average Bonchev–Trinajstić information content (AvgIpc) is 2.70. The van der Waals surface area contributed by atoms with Gasteiger partial charge in [0, 0.05) is 19.6 Å². The second-order valence-electron chi connectivity index (χ2n) is 5.11. The Hall–Kier alpha value is -0.980. The summed E-state index contributed by atoms with van der Waals surface area (Å²) in [5, 5.41) is 2.94. The Morgan fingerprint density at radius 1 is 1.20 bits per heavy atom. The minimum Gasteiger partial charge on any atom is -0.316 e. The number of hydrogen-bond donors (Lipinski definition) is 1. The Labute approximate surface area is 120 Å². The van der Waals surface area contributed by atoms with E-state index >= 15 is 0 Å². The second kappa shape index (κ2) is 6.65. The van der Waals surface area contributed by atoms with Crippen LogP contribution in [0.3, 0.4) is 0 Å². The molecule has 0 unspecified atom stereocenters. The minimum atomic E-state index is -3.73.